The van der Waals surface area contributed by atoms with Crippen molar-refractivity contribution in [2.24, 2.45) is 0 Å². The van der Waals surface area contributed by atoms with Crippen LogP contribution in [0.2, 0.25) is 0 Å². The first-order valence-corrected chi connectivity index (χ1v) is 6.88. The fourth-order valence-electron chi connectivity index (χ4n) is 2.34. The zero-order valence-electron chi connectivity index (χ0n) is 12.0. The zero-order valence-corrected chi connectivity index (χ0v) is 12.0. The molecule has 6 heteroatoms. The summed E-state index contributed by atoms with van der Waals surface area (Å²) < 4.78 is 12.0. The lowest BCUT2D eigenvalue weighted by molar-refractivity contribution is 0.181. The molecule has 6 nitrogen and oxygen atoms in total. The molecule has 2 rings (SSSR count). The monoisotopic (exact) mass is 279 g/mol. The van der Waals surface area contributed by atoms with Gasteiger partial charge in [-0.25, -0.2) is 4.98 Å². The van der Waals surface area contributed by atoms with Crippen molar-refractivity contribution in [1.82, 2.24) is 9.55 Å². The van der Waals surface area contributed by atoms with Gasteiger partial charge in [0.15, 0.2) is 10.8 Å². The van der Waals surface area contributed by atoms with Gasteiger partial charge >= 0.3 is 5.95 Å². The summed E-state index contributed by atoms with van der Waals surface area (Å²) in [4.78, 5) is 4.41. The van der Waals surface area contributed by atoms with Crippen LogP contribution < -0.4 is 16.2 Å². The Morgan fingerprint density at radius 3 is 3.05 bits per heavy atom. The number of nitrogens with zero attached hydrogens (tertiary/aromatic N) is 2. The lowest BCUT2D eigenvalue weighted by atomic mass is 10.1. The average Bonchev–Trinajstić information content (AvgIpc) is 2.46. The fraction of sp³-hybridized carbons (Fsp3) is 0.571. The first kappa shape index (κ1) is 14.6. The minimum atomic E-state index is -0.281. The van der Waals surface area contributed by atoms with Crippen LogP contribution in [0.4, 0.5) is 0 Å². The van der Waals surface area contributed by atoms with Crippen LogP contribution in [0, 0.1) is 5.41 Å². The molecule has 1 aliphatic carbocycles. The number of aliphatic hydroxyl groups excluding tert-OH is 1. The predicted octanol–water partition coefficient (Wildman–Crippen LogP) is -0.214. The van der Waals surface area contributed by atoms with Crippen molar-refractivity contribution in [3.63, 3.8) is 0 Å². The van der Waals surface area contributed by atoms with Gasteiger partial charge in [0.1, 0.15) is 0 Å². The summed E-state index contributed by atoms with van der Waals surface area (Å²) in [7, 11) is 1.63. The summed E-state index contributed by atoms with van der Waals surface area (Å²) in [6.45, 7) is 3.19. The zero-order chi connectivity index (χ0) is 14.5. The molecule has 0 amide bonds. The summed E-state index contributed by atoms with van der Waals surface area (Å²) in [5, 5.41) is 19.3. The normalized spacial score (nSPS) is 15.3. The van der Waals surface area contributed by atoms with E-state index in [9.17, 15) is 5.11 Å². The van der Waals surface area contributed by atoms with Gasteiger partial charge in [-0.15, -0.1) is 0 Å². The van der Waals surface area contributed by atoms with Gasteiger partial charge in [-0.1, -0.05) is 6.08 Å². The molecule has 0 saturated heterocycles. The third-order valence-electron chi connectivity index (χ3n) is 3.29. The van der Waals surface area contributed by atoms with E-state index < -0.39 is 0 Å². The van der Waals surface area contributed by atoms with E-state index in [-0.39, 0.29) is 16.8 Å². The smallest absolute Gasteiger partial charge is 0.307 e. The van der Waals surface area contributed by atoms with Crippen LogP contribution in [-0.4, -0.2) is 35.0 Å². The number of rotatable bonds is 5. The molecule has 0 saturated carbocycles. The van der Waals surface area contributed by atoms with E-state index in [1.165, 1.54) is 0 Å². The highest BCUT2D eigenvalue weighted by molar-refractivity contribution is 5.28. The minimum Gasteiger partial charge on any atom is -0.479 e. The number of fused-ring (bicyclic) bond motifs is 1. The Kier molecular flexibility index (Phi) is 4.79. The number of nitrogens with one attached hydrogen (secondary N) is 1. The number of ether oxygens (including phenoxy) is 2. The highest BCUT2D eigenvalue weighted by atomic mass is 16.6. The second-order valence-corrected chi connectivity index (χ2v) is 4.62. The molecule has 0 radical (unpaired) electrons. The number of aliphatic hydroxyl groups is 1. The van der Waals surface area contributed by atoms with E-state index in [0.29, 0.717) is 19.8 Å². The summed E-state index contributed by atoms with van der Waals surface area (Å²) in [5.74, 6) is -0.281. The maximum Gasteiger partial charge on any atom is 0.307 e. The lowest BCUT2D eigenvalue weighted by Crippen LogP contribution is -2.49. The Morgan fingerprint density at radius 2 is 2.35 bits per heavy atom. The first-order chi connectivity index (χ1) is 9.69. The minimum absolute atomic E-state index is 0.157. The molecule has 1 aromatic heterocycles. The van der Waals surface area contributed by atoms with E-state index in [2.05, 4.69) is 11.1 Å². The molecule has 2 N–H and O–H groups in total. The van der Waals surface area contributed by atoms with E-state index in [1.807, 2.05) is 4.57 Å². The van der Waals surface area contributed by atoms with Gasteiger partial charge in [0.2, 0.25) is 0 Å². The second-order valence-electron chi connectivity index (χ2n) is 4.62. The van der Waals surface area contributed by atoms with Gasteiger partial charge in [-0.2, -0.15) is 0 Å². The van der Waals surface area contributed by atoms with E-state index in [1.54, 1.807) is 14.0 Å². The summed E-state index contributed by atoms with van der Waals surface area (Å²) in [6.07, 6.45) is 4.98. The quantitative estimate of drug-likeness (QED) is 0.781. The molecule has 0 fully saturated rings. The lowest BCUT2D eigenvalue weighted by Gasteiger charge is -2.15. The first-order valence-electron chi connectivity index (χ1n) is 6.88. The summed E-state index contributed by atoms with van der Waals surface area (Å²) >= 11 is 0. The Bertz CT molecular complexity index is 649. The van der Waals surface area contributed by atoms with Crippen LogP contribution in [0.5, 0.6) is 0 Å². The topological polar surface area (TPSA) is 80.4 Å². The largest absolute Gasteiger partial charge is 0.479 e. The maximum absolute atomic E-state index is 9.91. The Morgan fingerprint density at radius 1 is 1.55 bits per heavy atom. The van der Waals surface area contributed by atoms with Crippen LogP contribution in [0.1, 0.15) is 25.5 Å². The molecular formula is C14H21N3O3. The summed E-state index contributed by atoms with van der Waals surface area (Å²) in [5.41, 5.74) is 1.06. The Hall–Kier alpha value is -1.82. The van der Waals surface area contributed by atoms with Gasteiger partial charge in [-0.3, -0.25) is 5.41 Å². The second kappa shape index (κ2) is 6.56. The van der Waals surface area contributed by atoms with Crippen molar-refractivity contribution in [3.8, 4) is 0 Å². The predicted molar refractivity (Wildman–Crippen MR) is 74.3 cm³/mol. The molecule has 110 valence electrons. The van der Waals surface area contributed by atoms with Crippen LogP contribution in [0.25, 0.3) is 12.0 Å². The van der Waals surface area contributed by atoms with Gasteiger partial charge < -0.3 is 19.1 Å². The van der Waals surface area contributed by atoms with Crippen molar-refractivity contribution in [2.75, 3.05) is 20.3 Å². The number of methoxy groups -OCH3 is 1. The van der Waals surface area contributed by atoms with Gasteiger partial charge in [0, 0.05) is 13.7 Å². The van der Waals surface area contributed by atoms with Crippen molar-refractivity contribution in [1.29, 1.82) is 5.41 Å². The van der Waals surface area contributed by atoms with Crippen molar-refractivity contribution < 1.29 is 14.6 Å². The van der Waals surface area contributed by atoms with E-state index >= 15 is 0 Å². The van der Waals surface area contributed by atoms with Crippen LogP contribution in [0.15, 0.2) is 0 Å². The van der Waals surface area contributed by atoms with E-state index in [4.69, 9.17) is 14.9 Å². The molecule has 1 heterocycles. The average molecular weight is 279 g/mol. The highest BCUT2D eigenvalue weighted by Crippen LogP contribution is 2.02. The number of hydrogen-bond donors (Lipinski definition) is 2. The SMILES string of the molecule is CCO/C(O)=c1\nc2c(n(CCOC)c1=N)=CCCC2. The number of aromatic nitrogens is 2. The van der Waals surface area contributed by atoms with Crippen molar-refractivity contribution in [3.05, 3.63) is 21.9 Å². The van der Waals surface area contributed by atoms with Crippen molar-refractivity contribution in [2.45, 2.75) is 32.7 Å². The van der Waals surface area contributed by atoms with Gasteiger partial charge in [0.25, 0.3) is 0 Å². The standard InChI is InChI=1S/C14H21N3O3/c1-3-20-14(18)12-13(15)17(8-9-19-2)11-7-5-4-6-10(11)16-12/h7,15,18H,3-6,8-9H2,1-2H3/b14-12-,15-13?. The van der Waals surface area contributed by atoms with E-state index in [0.717, 1.165) is 30.3 Å². The Balaban J connectivity index is 2.68. The van der Waals surface area contributed by atoms with Crippen LogP contribution in [0.3, 0.4) is 0 Å². The molecule has 0 aromatic carbocycles. The van der Waals surface area contributed by atoms with Crippen LogP contribution in [-0.2, 0) is 22.4 Å². The molecular weight excluding hydrogens is 258 g/mol. The fourth-order valence-corrected chi connectivity index (χ4v) is 2.34. The highest BCUT2D eigenvalue weighted by Gasteiger charge is 2.12. The maximum atomic E-state index is 9.91. The summed E-state index contributed by atoms with van der Waals surface area (Å²) in [6, 6.07) is 0. The molecule has 0 aliphatic heterocycles. The number of hydrogen-bond acceptors (Lipinski definition) is 5. The third-order valence-corrected chi connectivity index (χ3v) is 3.29. The van der Waals surface area contributed by atoms with Gasteiger partial charge in [-0.05, 0) is 26.2 Å². The molecule has 1 aliphatic rings. The molecule has 0 bridgehead atoms. The molecule has 1 aromatic rings. The third kappa shape index (κ3) is 2.85. The molecule has 20 heavy (non-hydrogen) atoms. The van der Waals surface area contributed by atoms with Crippen LogP contribution >= 0.6 is 0 Å². The molecule has 0 unspecified atom stereocenters. The van der Waals surface area contributed by atoms with Gasteiger partial charge in [0.05, 0.1) is 24.3 Å². The van der Waals surface area contributed by atoms with Crippen molar-refractivity contribution >= 4 is 12.0 Å². The number of aryl methyl sites for hydroxylation is 1. The Labute approximate surface area is 117 Å². The molecule has 0 atom stereocenters. The molecule has 0 spiro atoms.